The van der Waals surface area contributed by atoms with Gasteiger partial charge in [0.1, 0.15) is 15.8 Å². The number of aromatic nitrogens is 2. The zero-order chi connectivity index (χ0) is 11.0. The number of fused-ring (bicyclic) bond motifs is 1. The first-order valence-electron chi connectivity index (χ1n) is 4.61. The highest BCUT2D eigenvalue weighted by atomic mass is 35.5. The number of halogens is 2. The molecule has 2 rings (SSSR count). The predicted octanol–water partition coefficient (Wildman–Crippen LogP) is 3.74. The smallest absolute Gasteiger partial charge is 0.141 e. The van der Waals surface area contributed by atoms with Crippen molar-refractivity contribution < 1.29 is 0 Å². The van der Waals surface area contributed by atoms with E-state index in [1.165, 1.54) is 10.4 Å². The molecule has 2 aromatic heterocycles. The van der Waals surface area contributed by atoms with Gasteiger partial charge in [0.05, 0.1) is 5.39 Å². The largest absolute Gasteiger partial charge is 0.222 e. The Hall–Kier alpha value is -0.380. The summed E-state index contributed by atoms with van der Waals surface area (Å²) in [6.07, 6.45) is 0.660. The molecule has 2 nitrogen and oxygen atoms in total. The van der Waals surface area contributed by atoms with Crippen molar-refractivity contribution in [3.05, 3.63) is 21.4 Å². The van der Waals surface area contributed by atoms with E-state index in [0.717, 1.165) is 16.0 Å². The van der Waals surface area contributed by atoms with Gasteiger partial charge in [0, 0.05) is 17.2 Å². The minimum atomic E-state index is 0.519. The Morgan fingerprint density at radius 1 is 1.27 bits per heavy atom. The minimum Gasteiger partial charge on any atom is -0.222 e. The van der Waals surface area contributed by atoms with Crippen LogP contribution in [0.15, 0.2) is 0 Å². The zero-order valence-electron chi connectivity index (χ0n) is 8.47. The maximum atomic E-state index is 6.13. The first-order valence-corrected chi connectivity index (χ1v) is 6.34. The Balaban J connectivity index is 2.67. The van der Waals surface area contributed by atoms with Crippen molar-refractivity contribution in [1.82, 2.24) is 9.97 Å². The van der Waals surface area contributed by atoms with Crippen LogP contribution in [0.2, 0.25) is 5.15 Å². The van der Waals surface area contributed by atoms with Crippen LogP contribution in [-0.2, 0) is 6.42 Å². The highest BCUT2D eigenvalue weighted by Crippen LogP contribution is 2.32. The maximum absolute atomic E-state index is 6.13. The van der Waals surface area contributed by atoms with E-state index in [9.17, 15) is 0 Å². The summed E-state index contributed by atoms with van der Waals surface area (Å²) in [6.45, 7) is 4.11. The Morgan fingerprint density at radius 2 is 2.00 bits per heavy atom. The lowest BCUT2D eigenvalue weighted by atomic mass is 10.2. The highest BCUT2D eigenvalue weighted by molar-refractivity contribution is 7.18. The summed E-state index contributed by atoms with van der Waals surface area (Å²) in [5, 5.41) is 1.53. The van der Waals surface area contributed by atoms with Crippen LogP contribution in [0.4, 0.5) is 0 Å². The molecule has 0 unspecified atom stereocenters. The van der Waals surface area contributed by atoms with Crippen LogP contribution in [0.3, 0.4) is 0 Å². The molecule has 0 spiro atoms. The van der Waals surface area contributed by atoms with Gasteiger partial charge in [-0.3, -0.25) is 0 Å². The number of hydrogen-bond acceptors (Lipinski definition) is 3. The Labute approximate surface area is 102 Å². The highest BCUT2D eigenvalue weighted by Gasteiger charge is 2.12. The molecule has 0 amide bonds. The van der Waals surface area contributed by atoms with Crippen LogP contribution < -0.4 is 0 Å². The molecule has 0 fully saturated rings. The van der Waals surface area contributed by atoms with Crippen molar-refractivity contribution in [2.75, 3.05) is 5.88 Å². The molecular weight excluding hydrogens is 251 g/mol. The van der Waals surface area contributed by atoms with Gasteiger partial charge in [0.25, 0.3) is 0 Å². The molecule has 80 valence electrons. The normalized spacial score (nSPS) is 11.2. The summed E-state index contributed by atoms with van der Waals surface area (Å²) in [6, 6.07) is 0. The SMILES string of the molecule is Cc1sc2nc(CCCl)nc(Cl)c2c1C. The number of thiophene rings is 1. The molecule has 0 N–H and O–H groups in total. The van der Waals surface area contributed by atoms with Gasteiger partial charge >= 0.3 is 0 Å². The molecule has 0 radical (unpaired) electrons. The lowest BCUT2D eigenvalue weighted by Gasteiger charge is -1.99. The van der Waals surface area contributed by atoms with Gasteiger partial charge in [-0.15, -0.1) is 22.9 Å². The van der Waals surface area contributed by atoms with Crippen LogP contribution in [-0.4, -0.2) is 15.8 Å². The second-order valence-corrected chi connectivity index (χ2v) is 5.27. The molecule has 2 aromatic rings. The van der Waals surface area contributed by atoms with Gasteiger partial charge in [-0.2, -0.15) is 0 Å². The molecule has 0 bridgehead atoms. The maximum Gasteiger partial charge on any atom is 0.141 e. The summed E-state index contributed by atoms with van der Waals surface area (Å²) >= 11 is 13.4. The molecule has 0 saturated carbocycles. The topological polar surface area (TPSA) is 25.8 Å². The molecule has 2 heterocycles. The Morgan fingerprint density at radius 3 is 2.67 bits per heavy atom. The predicted molar refractivity (Wildman–Crippen MR) is 66.3 cm³/mol. The fourth-order valence-electron chi connectivity index (χ4n) is 1.44. The summed E-state index contributed by atoms with van der Waals surface area (Å²) < 4.78 is 0. The Bertz CT molecular complexity index is 508. The van der Waals surface area contributed by atoms with Gasteiger partial charge in [-0.25, -0.2) is 9.97 Å². The lowest BCUT2D eigenvalue weighted by Crippen LogP contribution is -1.96. The van der Waals surface area contributed by atoms with Gasteiger partial charge in [0.2, 0.25) is 0 Å². The third-order valence-electron chi connectivity index (χ3n) is 2.35. The van der Waals surface area contributed by atoms with E-state index >= 15 is 0 Å². The molecule has 0 aromatic carbocycles. The molecule has 0 aliphatic rings. The third kappa shape index (κ3) is 1.96. The second-order valence-electron chi connectivity index (χ2n) is 3.33. The van der Waals surface area contributed by atoms with Crippen molar-refractivity contribution in [1.29, 1.82) is 0 Å². The summed E-state index contributed by atoms with van der Waals surface area (Å²) in [4.78, 5) is 10.9. The van der Waals surface area contributed by atoms with Crippen LogP contribution >= 0.6 is 34.5 Å². The van der Waals surface area contributed by atoms with E-state index in [1.54, 1.807) is 11.3 Å². The van der Waals surface area contributed by atoms with Gasteiger partial charge in [-0.05, 0) is 19.4 Å². The fourth-order valence-corrected chi connectivity index (χ4v) is 3.04. The van der Waals surface area contributed by atoms with Gasteiger partial charge in [0.15, 0.2) is 0 Å². The van der Waals surface area contributed by atoms with Crippen LogP contribution in [0.1, 0.15) is 16.3 Å². The van der Waals surface area contributed by atoms with E-state index in [2.05, 4.69) is 16.9 Å². The van der Waals surface area contributed by atoms with E-state index in [1.807, 2.05) is 6.92 Å². The Kier molecular flexibility index (Phi) is 3.14. The van der Waals surface area contributed by atoms with Crippen molar-refractivity contribution in [3.8, 4) is 0 Å². The lowest BCUT2D eigenvalue weighted by molar-refractivity contribution is 0.969. The number of aryl methyl sites for hydroxylation is 3. The second kappa shape index (κ2) is 4.24. The standard InChI is InChI=1S/C10H10Cl2N2S/c1-5-6(2)15-10-8(5)9(12)13-7(14-10)3-4-11/h3-4H2,1-2H3. The third-order valence-corrected chi connectivity index (χ3v) is 3.91. The summed E-state index contributed by atoms with van der Waals surface area (Å²) in [5.74, 6) is 1.24. The minimum absolute atomic E-state index is 0.519. The van der Waals surface area contributed by atoms with Crippen LogP contribution in [0.25, 0.3) is 10.2 Å². The van der Waals surface area contributed by atoms with E-state index in [0.29, 0.717) is 17.5 Å². The van der Waals surface area contributed by atoms with Gasteiger partial charge in [-0.1, -0.05) is 11.6 Å². The number of nitrogens with zero attached hydrogens (tertiary/aromatic N) is 2. The van der Waals surface area contributed by atoms with E-state index in [4.69, 9.17) is 23.2 Å². The van der Waals surface area contributed by atoms with E-state index < -0.39 is 0 Å². The average Bonchev–Trinajstić information content (AvgIpc) is 2.43. The monoisotopic (exact) mass is 260 g/mol. The molecular formula is C10H10Cl2N2S. The molecule has 0 saturated heterocycles. The van der Waals surface area contributed by atoms with Crippen molar-refractivity contribution in [2.24, 2.45) is 0 Å². The first-order chi connectivity index (χ1) is 7.13. The first kappa shape index (κ1) is 11.1. The fraction of sp³-hybridized carbons (Fsp3) is 0.400. The zero-order valence-corrected chi connectivity index (χ0v) is 10.8. The number of alkyl halides is 1. The van der Waals surface area contributed by atoms with Gasteiger partial charge < -0.3 is 0 Å². The molecule has 0 aliphatic heterocycles. The average molecular weight is 261 g/mol. The summed E-state index contributed by atoms with van der Waals surface area (Å²) in [5.41, 5.74) is 1.18. The van der Waals surface area contributed by atoms with Crippen LogP contribution in [0, 0.1) is 13.8 Å². The van der Waals surface area contributed by atoms with Crippen molar-refractivity contribution in [3.63, 3.8) is 0 Å². The van der Waals surface area contributed by atoms with Crippen LogP contribution in [0.5, 0.6) is 0 Å². The molecule has 0 aliphatic carbocycles. The van der Waals surface area contributed by atoms with E-state index in [-0.39, 0.29) is 0 Å². The van der Waals surface area contributed by atoms with Crippen molar-refractivity contribution >= 4 is 44.8 Å². The summed E-state index contributed by atoms with van der Waals surface area (Å²) in [7, 11) is 0. The number of hydrogen-bond donors (Lipinski definition) is 0. The molecule has 15 heavy (non-hydrogen) atoms. The number of rotatable bonds is 2. The van der Waals surface area contributed by atoms with Crippen molar-refractivity contribution in [2.45, 2.75) is 20.3 Å². The molecule has 5 heteroatoms. The quantitative estimate of drug-likeness (QED) is 0.608. The molecule has 0 atom stereocenters.